The molecule has 3 aromatic carbocycles. The Kier molecular flexibility index (Phi) is 7.76. The van der Waals surface area contributed by atoms with E-state index in [9.17, 15) is 22.8 Å². The van der Waals surface area contributed by atoms with Crippen LogP contribution < -0.4 is 29.0 Å². The van der Waals surface area contributed by atoms with Crippen LogP contribution in [-0.4, -0.2) is 61.6 Å². The van der Waals surface area contributed by atoms with Gasteiger partial charge in [-0.3, -0.25) is 9.59 Å². The molecule has 12 nitrogen and oxygen atoms in total. The van der Waals surface area contributed by atoms with Gasteiger partial charge in [0.2, 0.25) is 12.5 Å². The summed E-state index contributed by atoms with van der Waals surface area (Å²) in [5.74, 6) is -0.528. The second kappa shape index (κ2) is 12.0. The van der Waals surface area contributed by atoms with Gasteiger partial charge in [-0.2, -0.15) is 13.2 Å². The molecule has 2 aliphatic heterocycles. The minimum Gasteiger partial charge on any atom is -0.493 e. The smallest absolute Gasteiger partial charge is 0.416 e. The van der Waals surface area contributed by atoms with Gasteiger partial charge in [0.05, 0.1) is 58.2 Å². The molecule has 0 spiro atoms. The minimum atomic E-state index is -4.45. The van der Waals surface area contributed by atoms with Crippen molar-refractivity contribution in [3.63, 3.8) is 0 Å². The zero-order valence-corrected chi connectivity index (χ0v) is 25.9. The summed E-state index contributed by atoms with van der Waals surface area (Å²) in [5, 5.41) is 11.0. The van der Waals surface area contributed by atoms with Crippen LogP contribution in [0, 0.1) is 11.8 Å². The molecule has 0 unspecified atom stereocenters. The first kappa shape index (κ1) is 31.1. The second-order valence-corrected chi connectivity index (χ2v) is 11.5. The highest BCUT2D eigenvalue weighted by molar-refractivity contribution is 5.92. The van der Waals surface area contributed by atoms with Gasteiger partial charge in [0.15, 0.2) is 28.7 Å². The summed E-state index contributed by atoms with van der Waals surface area (Å²) in [5.41, 5.74) is 1.88. The summed E-state index contributed by atoms with van der Waals surface area (Å²) >= 11 is 0. The Labute approximate surface area is 271 Å². The number of cyclic esters (lactones) is 1. The minimum absolute atomic E-state index is 0.0149. The van der Waals surface area contributed by atoms with Crippen LogP contribution in [0.1, 0.15) is 50.3 Å². The predicted octanol–water partition coefficient (Wildman–Crippen LogP) is 4.51. The Hall–Kier alpha value is -5.47. The van der Waals surface area contributed by atoms with Crippen molar-refractivity contribution in [2.24, 2.45) is 11.8 Å². The van der Waals surface area contributed by atoms with E-state index in [1.54, 1.807) is 18.2 Å². The maximum Gasteiger partial charge on any atom is 0.416 e. The van der Waals surface area contributed by atoms with Gasteiger partial charge < -0.3 is 33.7 Å². The number of rotatable bonds is 8. The molecule has 0 bridgehead atoms. The molecule has 1 amide bonds. The van der Waals surface area contributed by atoms with E-state index in [-0.39, 0.29) is 25.6 Å². The van der Waals surface area contributed by atoms with E-state index in [0.29, 0.717) is 51.0 Å². The lowest BCUT2D eigenvalue weighted by Gasteiger charge is -2.39. The average Bonchev–Trinajstić information content (AvgIpc) is 3.83. The molecule has 4 atom stereocenters. The maximum atomic E-state index is 13.7. The first-order valence-corrected chi connectivity index (χ1v) is 14.9. The molecular weight excluding hydrogens is 637 g/mol. The van der Waals surface area contributed by atoms with Gasteiger partial charge in [0.1, 0.15) is 0 Å². The monoisotopic (exact) mass is 666 g/mol. The van der Waals surface area contributed by atoms with E-state index in [0.717, 1.165) is 12.1 Å². The molecule has 0 radical (unpaired) electrons. The van der Waals surface area contributed by atoms with Crippen molar-refractivity contribution in [1.82, 2.24) is 20.3 Å². The summed E-state index contributed by atoms with van der Waals surface area (Å²) < 4.78 is 74.0. The highest BCUT2D eigenvalue weighted by Gasteiger charge is 2.53. The Morgan fingerprint density at radius 3 is 2.25 bits per heavy atom. The summed E-state index contributed by atoms with van der Waals surface area (Å²) in [4.78, 5) is 27.1. The Morgan fingerprint density at radius 1 is 0.958 bits per heavy atom. The van der Waals surface area contributed by atoms with Crippen molar-refractivity contribution in [2.75, 3.05) is 34.7 Å². The zero-order chi connectivity index (χ0) is 33.7. The van der Waals surface area contributed by atoms with Crippen LogP contribution in [0.4, 0.5) is 13.2 Å². The third kappa shape index (κ3) is 5.38. The van der Waals surface area contributed by atoms with E-state index in [2.05, 4.69) is 15.6 Å². The Balaban J connectivity index is 1.23. The van der Waals surface area contributed by atoms with Crippen molar-refractivity contribution < 1.29 is 51.2 Å². The maximum absolute atomic E-state index is 13.7. The molecule has 1 aromatic heterocycles. The third-order valence-corrected chi connectivity index (χ3v) is 8.92. The zero-order valence-electron chi connectivity index (χ0n) is 25.9. The number of esters is 1. The summed E-state index contributed by atoms with van der Waals surface area (Å²) in [6, 6.07) is 11.1. The summed E-state index contributed by atoms with van der Waals surface area (Å²) in [6.45, 7) is 0.155. The number of aromatic nitrogens is 3. The van der Waals surface area contributed by atoms with Crippen molar-refractivity contribution >= 4 is 11.9 Å². The first-order valence-electron chi connectivity index (χ1n) is 14.9. The summed E-state index contributed by atoms with van der Waals surface area (Å²) in [6.07, 6.45) is -3.04. The molecule has 15 heteroatoms. The van der Waals surface area contributed by atoms with Gasteiger partial charge in [-0.25, -0.2) is 4.68 Å². The fraction of sp³-hybridized carbons (Fsp3) is 0.333. The van der Waals surface area contributed by atoms with Gasteiger partial charge in [-0.1, -0.05) is 17.3 Å². The van der Waals surface area contributed by atoms with Gasteiger partial charge in [-0.05, 0) is 58.7 Å². The van der Waals surface area contributed by atoms with Crippen molar-refractivity contribution in [1.29, 1.82) is 0 Å². The van der Waals surface area contributed by atoms with E-state index >= 15 is 0 Å². The molecule has 7 rings (SSSR count). The SMILES string of the molecule is COc1cc([C@@H]2c3cc4c(cc3[C@H](NC(=O)c3cn(Cc5ccc(C(F)(F)F)cc5)nn3)[C@H]3COC(=O)[C@H]23)OCO4)cc(OC)c1OC. The standard InChI is InChI=1S/C33H29F3N4O8/c1-43-25-8-17(9-26(44-2)30(25)45-3)27-19-10-23-24(48-15-47-23)11-20(19)29(21-14-46-32(42)28(21)27)37-31(41)22-13-40(39-38-22)12-16-4-6-18(7-5-16)33(34,35)36/h4-11,13,21,27-29H,12,14-15H2,1-3H3,(H,37,41)/t21-,27+,28-,29-/m0/s1. The lowest BCUT2D eigenvalue weighted by molar-refractivity contribution is -0.141. The van der Waals surface area contributed by atoms with Crippen molar-refractivity contribution in [3.05, 3.63) is 88.2 Å². The topological polar surface area (TPSA) is 132 Å². The van der Waals surface area contributed by atoms with Crippen LogP contribution in [0.15, 0.2) is 54.7 Å². The molecule has 1 N–H and O–H groups in total. The first-order chi connectivity index (χ1) is 23.1. The second-order valence-electron chi connectivity index (χ2n) is 11.5. The number of alkyl halides is 3. The van der Waals surface area contributed by atoms with Gasteiger partial charge >= 0.3 is 12.1 Å². The highest BCUT2D eigenvalue weighted by atomic mass is 19.4. The number of nitrogens with zero attached hydrogens (tertiary/aromatic N) is 3. The number of hydrogen-bond donors (Lipinski definition) is 1. The molecule has 0 saturated carbocycles. The van der Waals surface area contributed by atoms with Gasteiger partial charge in [0.25, 0.3) is 5.91 Å². The lowest BCUT2D eigenvalue weighted by Crippen LogP contribution is -2.43. The van der Waals surface area contributed by atoms with E-state index < -0.39 is 47.4 Å². The molecule has 3 heterocycles. The molecule has 3 aliphatic rings. The number of nitrogens with one attached hydrogen (secondary N) is 1. The molecular formula is C33H29F3N4O8. The quantitative estimate of drug-likeness (QED) is 0.268. The van der Waals surface area contributed by atoms with Crippen molar-refractivity contribution in [3.8, 4) is 28.7 Å². The number of hydrogen-bond acceptors (Lipinski definition) is 10. The third-order valence-electron chi connectivity index (χ3n) is 8.92. The number of benzene rings is 3. The molecule has 48 heavy (non-hydrogen) atoms. The number of fused-ring (bicyclic) bond motifs is 3. The van der Waals surface area contributed by atoms with Crippen molar-refractivity contribution in [2.45, 2.75) is 24.7 Å². The normalized spacial score (nSPS) is 20.8. The van der Waals surface area contributed by atoms with Crippen LogP contribution in [0.2, 0.25) is 0 Å². The fourth-order valence-electron chi connectivity index (χ4n) is 6.71. The highest BCUT2D eigenvalue weighted by Crippen LogP contribution is 2.55. The van der Waals surface area contributed by atoms with Crippen LogP contribution >= 0.6 is 0 Å². The van der Waals surface area contributed by atoms with Gasteiger partial charge in [0, 0.05) is 11.8 Å². The molecule has 250 valence electrons. The average molecular weight is 667 g/mol. The van der Waals surface area contributed by atoms with E-state index in [4.69, 9.17) is 28.4 Å². The molecule has 1 saturated heterocycles. The number of carbonyl (C=O) groups is 2. The Bertz CT molecular complexity index is 1870. The summed E-state index contributed by atoms with van der Waals surface area (Å²) in [7, 11) is 4.51. The number of amides is 1. The Morgan fingerprint density at radius 2 is 1.62 bits per heavy atom. The largest absolute Gasteiger partial charge is 0.493 e. The molecule has 1 fully saturated rings. The molecule has 1 aliphatic carbocycles. The number of halogens is 3. The number of methoxy groups -OCH3 is 3. The van der Waals surface area contributed by atoms with Crippen LogP contribution in [-0.2, 0) is 22.3 Å². The fourth-order valence-corrected chi connectivity index (χ4v) is 6.71. The number of ether oxygens (including phenoxy) is 6. The van der Waals surface area contributed by atoms with E-state index in [1.807, 2.05) is 6.07 Å². The van der Waals surface area contributed by atoms with Gasteiger partial charge in [-0.15, -0.1) is 5.10 Å². The predicted molar refractivity (Wildman–Crippen MR) is 159 cm³/mol. The number of carbonyl (C=O) groups excluding carboxylic acids is 2. The molecule has 4 aromatic rings. The van der Waals surface area contributed by atoms with E-state index in [1.165, 1.54) is 44.3 Å². The van der Waals surface area contributed by atoms with Crippen LogP contribution in [0.5, 0.6) is 28.7 Å². The van der Waals surface area contributed by atoms with Crippen LogP contribution in [0.25, 0.3) is 0 Å². The van der Waals surface area contributed by atoms with Crippen LogP contribution in [0.3, 0.4) is 0 Å². The lowest BCUT2D eigenvalue weighted by atomic mass is 9.65.